The first kappa shape index (κ1) is 24.4. The van der Waals surface area contributed by atoms with Gasteiger partial charge in [-0.25, -0.2) is 4.79 Å². The van der Waals surface area contributed by atoms with Crippen LogP contribution < -0.4 is 4.90 Å². The molecule has 1 amide bonds. The molecule has 1 aliphatic rings. The number of amides is 1. The van der Waals surface area contributed by atoms with Gasteiger partial charge in [0, 0.05) is 18.4 Å². The summed E-state index contributed by atoms with van der Waals surface area (Å²) in [7, 11) is 1.61. The number of thiophene rings is 1. The Kier molecular flexibility index (Phi) is 8.52. The maximum Gasteiger partial charge on any atom is 0.348 e. The highest BCUT2D eigenvalue weighted by molar-refractivity contribution is 7.15. The molecule has 1 saturated carbocycles. The number of anilines is 1. The summed E-state index contributed by atoms with van der Waals surface area (Å²) in [5.41, 5.74) is 0.266. The van der Waals surface area contributed by atoms with Gasteiger partial charge in [-0.1, -0.05) is 25.7 Å². The molecule has 1 unspecified atom stereocenters. The normalized spacial score (nSPS) is 20.2. The lowest BCUT2D eigenvalue weighted by Crippen LogP contribution is -2.46. The highest BCUT2D eigenvalue weighted by atomic mass is 32.1. The summed E-state index contributed by atoms with van der Waals surface area (Å²) in [6.07, 6.45) is 4.44. The van der Waals surface area contributed by atoms with Gasteiger partial charge in [-0.15, -0.1) is 11.3 Å². The molecule has 0 bridgehead atoms. The summed E-state index contributed by atoms with van der Waals surface area (Å²) in [6.45, 7) is 10.6. The summed E-state index contributed by atoms with van der Waals surface area (Å²) >= 11 is 1.14. The minimum absolute atomic E-state index is 0.0152. The fourth-order valence-electron chi connectivity index (χ4n) is 3.79. The summed E-state index contributed by atoms with van der Waals surface area (Å²) in [4.78, 5) is 28.2. The van der Waals surface area contributed by atoms with Crippen molar-refractivity contribution in [1.29, 1.82) is 0 Å². The number of rotatable bonds is 7. The second-order valence-corrected chi connectivity index (χ2v) is 10.4. The standard InChI is InChI=1S/C24H35NO4S/c1-7-18(15-29-6)25(22(26)17-10-8-16(2)9-11-17)20-14-19(12-13-24(3,4)5)30-21(20)23(27)28/h14,16-18H,7-11,15H2,1-6H3,(H,27,28). The molecule has 0 saturated heterocycles. The molecule has 1 N–H and O–H groups in total. The van der Waals surface area contributed by atoms with E-state index in [2.05, 4.69) is 18.8 Å². The number of ether oxygens (including phenoxy) is 1. The van der Waals surface area contributed by atoms with Crippen LogP contribution in [0.25, 0.3) is 0 Å². The predicted molar refractivity (Wildman–Crippen MR) is 122 cm³/mol. The van der Waals surface area contributed by atoms with Gasteiger partial charge in [0.25, 0.3) is 0 Å². The highest BCUT2D eigenvalue weighted by Crippen LogP contribution is 2.36. The van der Waals surface area contributed by atoms with Crippen LogP contribution in [0.1, 0.15) is 81.3 Å². The zero-order chi connectivity index (χ0) is 22.5. The van der Waals surface area contributed by atoms with E-state index >= 15 is 0 Å². The van der Waals surface area contributed by atoms with E-state index in [0.29, 0.717) is 29.5 Å². The minimum atomic E-state index is -1.03. The Balaban J connectivity index is 2.51. The van der Waals surface area contributed by atoms with E-state index in [9.17, 15) is 14.7 Å². The molecular formula is C24H35NO4S. The van der Waals surface area contributed by atoms with Crippen molar-refractivity contribution in [3.8, 4) is 11.8 Å². The molecule has 1 heterocycles. The van der Waals surface area contributed by atoms with Crippen LogP contribution in [0.2, 0.25) is 0 Å². The van der Waals surface area contributed by atoms with Crippen molar-refractivity contribution in [3.05, 3.63) is 15.8 Å². The van der Waals surface area contributed by atoms with Crippen LogP contribution in [-0.2, 0) is 9.53 Å². The van der Waals surface area contributed by atoms with Gasteiger partial charge >= 0.3 is 5.97 Å². The minimum Gasteiger partial charge on any atom is -0.477 e. The number of carbonyl (C=O) groups excluding carboxylic acids is 1. The number of nitrogens with zero attached hydrogens (tertiary/aromatic N) is 1. The maximum atomic E-state index is 13.6. The van der Waals surface area contributed by atoms with Crippen LogP contribution in [0.15, 0.2) is 6.07 Å². The third-order valence-corrected chi connectivity index (χ3v) is 6.55. The Hall–Kier alpha value is -1.84. The SMILES string of the molecule is CCC(COC)N(C(=O)C1CCC(C)CC1)c1cc(C#CC(C)(C)C)sc1C(=O)O. The molecule has 166 valence electrons. The van der Waals surface area contributed by atoms with Crippen molar-refractivity contribution in [1.82, 2.24) is 0 Å². The van der Waals surface area contributed by atoms with Crippen molar-refractivity contribution >= 4 is 28.9 Å². The summed E-state index contributed by atoms with van der Waals surface area (Å²) in [5.74, 6) is 5.82. The van der Waals surface area contributed by atoms with Crippen molar-refractivity contribution < 1.29 is 19.4 Å². The van der Waals surface area contributed by atoms with Crippen molar-refractivity contribution in [2.45, 2.75) is 72.8 Å². The van der Waals surface area contributed by atoms with Crippen molar-refractivity contribution in [2.75, 3.05) is 18.6 Å². The molecule has 1 fully saturated rings. The zero-order valence-corrected chi connectivity index (χ0v) is 19.9. The van der Waals surface area contributed by atoms with E-state index in [1.807, 2.05) is 27.7 Å². The van der Waals surface area contributed by atoms with Crippen LogP contribution in [0.5, 0.6) is 0 Å². The Labute approximate surface area is 184 Å². The number of hydrogen-bond acceptors (Lipinski definition) is 4. The number of hydrogen-bond donors (Lipinski definition) is 1. The van der Waals surface area contributed by atoms with E-state index in [1.54, 1.807) is 18.1 Å². The third-order valence-electron chi connectivity index (χ3n) is 5.52. The molecule has 0 aliphatic heterocycles. The summed E-state index contributed by atoms with van der Waals surface area (Å²) in [6, 6.07) is 1.56. The number of carboxylic acid groups (broad SMARTS) is 1. The van der Waals surface area contributed by atoms with E-state index in [0.717, 1.165) is 37.0 Å². The lowest BCUT2D eigenvalue weighted by atomic mass is 9.82. The maximum absolute atomic E-state index is 13.6. The number of carboxylic acids is 1. The fourth-order valence-corrected chi connectivity index (χ4v) is 4.63. The quantitative estimate of drug-likeness (QED) is 0.582. The van der Waals surface area contributed by atoms with Crippen LogP contribution in [0, 0.1) is 29.1 Å². The van der Waals surface area contributed by atoms with Gasteiger partial charge in [-0.05, 0) is 64.9 Å². The first-order valence-corrected chi connectivity index (χ1v) is 11.6. The van der Waals surface area contributed by atoms with E-state index in [-0.39, 0.29) is 28.2 Å². The van der Waals surface area contributed by atoms with Gasteiger partial charge < -0.3 is 14.7 Å². The molecule has 6 heteroatoms. The summed E-state index contributed by atoms with van der Waals surface area (Å²) in [5, 5.41) is 9.86. The molecule has 5 nitrogen and oxygen atoms in total. The molecule has 1 aromatic heterocycles. The van der Waals surface area contributed by atoms with Gasteiger partial charge in [-0.2, -0.15) is 0 Å². The first-order chi connectivity index (χ1) is 14.1. The zero-order valence-electron chi connectivity index (χ0n) is 19.1. The number of aromatic carboxylic acids is 1. The van der Waals surface area contributed by atoms with Crippen LogP contribution in [0.4, 0.5) is 5.69 Å². The van der Waals surface area contributed by atoms with E-state index in [1.165, 1.54) is 0 Å². The van der Waals surface area contributed by atoms with E-state index in [4.69, 9.17) is 4.74 Å². The predicted octanol–water partition coefficient (Wildman–Crippen LogP) is 5.43. The van der Waals surface area contributed by atoms with Gasteiger partial charge in [-0.3, -0.25) is 4.79 Å². The molecule has 2 rings (SSSR count). The van der Waals surface area contributed by atoms with Gasteiger partial charge in [0.05, 0.1) is 23.2 Å². The molecular weight excluding hydrogens is 398 g/mol. The lowest BCUT2D eigenvalue weighted by molar-refractivity contribution is -0.124. The van der Waals surface area contributed by atoms with Crippen LogP contribution >= 0.6 is 11.3 Å². The Morgan fingerprint density at radius 2 is 1.93 bits per heavy atom. The molecule has 1 aromatic rings. The molecule has 1 aliphatic carbocycles. The second kappa shape index (κ2) is 10.5. The van der Waals surface area contributed by atoms with E-state index < -0.39 is 5.97 Å². The Morgan fingerprint density at radius 1 is 1.30 bits per heavy atom. The molecule has 30 heavy (non-hydrogen) atoms. The fraction of sp³-hybridized carbons (Fsp3) is 0.667. The Morgan fingerprint density at radius 3 is 2.43 bits per heavy atom. The van der Waals surface area contributed by atoms with Crippen LogP contribution in [-0.4, -0.2) is 36.7 Å². The molecule has 0 radical (unpaired) electrons. The number of methoxy groups -OCH3 is 1. The lowest BCUT2D eigenvalue weighted by Gasteiger charge is -2.35. The number of carbonyl (C=O) groups is 2. The average molecular weight is 434 g/mol. The largest absolute Gasteiger partial charge is 0.477 e. The monoisotopic (exact) mass is 433 g/mol. The second-order valence-electron chi connectivity index (χ2n) is 9.31. The highest BCUT2D eigenvalue weighted by Gasteiger charge is 2.35. The third kappa shape index (κ3) is 6.33. The van der Waals surface area contributed by atoms with Gasteiger partial charge in [0.2, 0.25) is 5.91 Å². The van der Waals surface area contributed by atoms with Crippen LogP contribution in [0.3, 0.4) is 0 Å². The first-order valence-electron chi connectivity index (χ1n) is 10.8. The van der Waals surface area contributed by atoms with Gasteiger partial charge in [0.1, 0.15) is 4.88 Å². The Bertz CT molecular complexity index is 803. The summed E-state index contributed by atoms with van der Waals surface area (Å²) < 4.78 is 5.39. The van der Waals surface area contributed by atoms with Crippen molar-refractivity contribution in [2.24, 2.45) is 17.3 Å². The van der Waals surface area contributed by atoms with Crippen molar-refractivity contribution in [3.63, 3.8) is 0 Å². The smallest absolute Gasteiger partial charge is 0.348 e. The average Bonchev–Trinajstić information content (AvgIpc) is 3.10. The topological polar surface area (TPSA) is 66.8 Å². The molecule has 0 aromatic carbocycles. The molecule has 1 atom stereocenters. The molecule has 0 spiro atoms. The van der Waals surface area contributed by atoms with Gasteiger partial charge in [0.15, 0.2) is 0 Å².